The molecule has 6 nitrogen and oxygen atoms in total. The monoisotopic (exact) mass is 441 g/mol. The van der Waals surface area contributed by atoms with Crippen molar-refractivity contribution in [2.75, 3.05) is 52.4 Å². The van der Waals surface area contributed by atoms with Crippen molar-refractivity contribution in [3.05, 3.63) is 35.9 Å². The molecule has 1 amide bonds. The second kappa shape index (κ2) is 14.1. The van der Waals surface area contributed by atoms with Crippen LogP contribution < -0.4 is 10.6 Å². The maximum absolute atomic E-state index is 11.7. The zero-order chi connectivity index (χ0) is 22.4. The number of benzene rings is 1. The molecule has 0 radical (unpaired) electrons. The Morgan fingerprint density at radius 1 is 1.03 bits per heavy atom. The first-order valence-corrected chi connectivity index (χ1v) is 12.8. The summed E-state index contributed by atoms with van der Waals surface area (Å²) in [6.07, 6.45) is 8.95. The third-order valence-electron chi connectivity index (χ3n) is 6.64. The van der Waals surface area contributed by atoms with Crippen molar-refractivity contribution in [1.29, 1.82) is 0 Å². The van der Waals surface area contributed by atoms with Crippen LogP contribution in [0.1, 0.15) is 57.4 Å². The highest BCUT2D eigenvalue weighted by Crippen LogP contribution is 2.21. The van der Waals surface area contributed by atoms with Gasteiger partial charge in [-0.2, -0.15) is 0 Å². The third-order valence-corrected chi connectivity index (χ3v) is 6.64. The number of hydrogen-bond acceptors (Lipinski definition) is 3. The zero-order valence-electron chi connectivity index (χ0n) is 20.0. The van der Waals surface area contributed by atoms with E-state index in [0.717, 1.165) is 70.3 Å². The fourth-order valence-electron chi connectivity index (χ4n) is 4.76. The van der Waals surface area contributed by atoms with E-state index in [1.54, 1.807) is 0 Å². The van der Waals surface area contributed by atoms with Gasteiger partial charge in [0.15, 0.2) is 5.96 Å². The summed E-state index contributed by atoms with van der Waals surface area (Å²) in [5, 5.41) is 6.80. The van der Waals surface area contributed by atoms with Crippen molar-refractivity contribution in [1.82, 2.24) is 20.4 Å². The van der Waals surface area contributed by atoms with Crippen LogP contribution in [0.3, 0.4) is 0 Å². The second-order valence-electron chi connectivity index (χ2n) is 9.21. The van der Waals surface area contributed by atoms with Gasteiger partial charge in [-0.25, -0.2) is 0 Å². The molecule has 0 unspecified atom stereocenters. The minimum atomic E-state index is 0.305. The first-order chi connectivity index (χ1) is 15.7. The van der Waals surface area contributed by atoms with Crippen molar-refractivity contribution < 1.29 is 4.79 Å². The summed E-state index contributed by atoms with van der Waals surface area (Å²) in [5.74, 6) is 2.05. The van der Waals surface area contributed by atoms with Gasteiger partial charge in [0.2, 0.25) is 5.91 Å². The molecule has 2 heterocycles. The van der Waals surface area contributed by atoms with Crippen LogP contribution in [0.4, 0.5) is 0 Å². The van der Waals surface area contributed by atoms with Crippen LogP contribution in [0.15, 0.2) is 35.3 Å². The van der Waals surface area contributed by atoms with Crippen molar-refractivity contribution in [3.8, 4) is 0 Å². The molecule has 3 rings (SSSR count). The quantitative estimate of drug-likeness (QED) is 0.297. The van der Waals surface area contributed by atoms with E-state index in [4.69, 9.17) is 0 Å². The molecule has 0 saturated carbocycles. The number of hydrogen-bond donors (Lipinski definition) is 2. The summed E-state index contributed by atoms with van der Waals surface area (Å²) >= 11 is 0. The number of piperidine rings is 1. The Balaban J connectivity index is 1.23. The Morgan fingerprint density at radius 3 is 2.56 bits per heavy atom. The molecule has 0 aromatic heterocycles. The lowest BCUT2D eigenvalue weighted by molar-refractivity contribution is -0.127. The Kier molecular flexibility index (Phi) is 10.9. The molecular formula is C26H43N5O. The van der Waals surface area contributed by atoms with E-state index in [-0.39, 0.29) is 0 Å². The van der Waals surface area contributed by atoms with E-state index in [0.29, 0.717) is 5.91 Å². The number of amides is 1. The maximum atomic E-state index is 11.7. The van der Waals surface area contributed by atoms with E-state index < -0.39 is 0 Å². The van der Waals surface area contributed by atoms with Crippen LogP contribution in [0.25, 0.3) is 0 Å². The number of carbonyl (C=O) groups is 1. The van der Waals surface area contributed by atoms with Gasteiger partial charge in [-0.15, -0.1) is 0 Å². The number of carbonyl (C=O) groups excluding carboxylic acids is 1. The average Bonchev–Trinajstić information content (AvgIpc) is 3.22. The molecule has 32 heavy (non-hydrogen) atoms. The normalized spacial score (nSPS) is 18.3. The number of likely N-dealkylation sites (tertiary alicyclic amines) is 2. The highest BCUT2D eigenvalue weighted by molar-refractivity contribution is 5.79. The van der Waals surface area contributed by atoms with Gasteiger partial charge in [0.05, 0.1) is 0 Å². The molecule has 178 valence electrons. The van der Waals surface area contributed by atoms with Crippen LogP contribution >= 0.6 is 0 Å². The largest absolute Gasteiger partial charge is 0.357 e. The van der Waals surface area contributed by atoms with Gasteiger partial charge in [0.25, 0.3) is 0 Å². The number of unbranched alkanes of at least 4 members (excludes halogenated alkanes) is 1. The van der Waals surface area contributed by atoms with Crippen molar-refractivity contribution in [3.63, 3.8) is 0 Å². The Bertz CT molecular complexity index is 685. The summed E-state index contributed by atoms with van der Waals surface area (Å²) in [4.78, 5) is 21.0. The summed E-state index contributed by atoms with van der Waals surface area (Å²) in [6, 6.07) is 10.9. The SMILES string of the molecule is CCNC(=NCCCN1CCCC1=O)NCCCCN1CCC(Cc2ccccc2)CC1. The molecule has 0 bridgehead atoms. The number of aliphatic imine (C=N–C) groups is 1. The fraction of sp³-hybridized carbons (Fsp3) is 0.692. The van der Waals surface area contributed by atoms with E-state index >= 15 is 0 Å². The van der Waals surface area contributed by atoms with Gasteiger partial charge in [-0.1, -0.05) is 30.3 Å². The predicted octanol–water partition coefficient (Wildman–Crippen LogP) is 3.29. The lowest BCUT2D eigenvalue weighted by Crippen LogP contribution is -2.38. The van der Waals surface area contributed by atoms with Crippen LogP contribution in [-0.2, 0) is 11.2 Å². The predicted molar refractivity (Wildman–Crippen MR) is 133 cm³/mol. The molecule has 2 aliphatic heterocycles. The van der Waals surface area contributed by atoms with Gasteiger partial charge < -0.3 is 20.4 Å². The number of nitrogens with one attached hydrogen (secondary N) is 2. The fourth-order valence-corrected chi connectivity index (χ4v) is 4.76. The van der Waals surface area contributed by atoms with E-state index in [2.05, 4.69) is 57.8 Å². The lowest BCUT2D eigenvalue weighted by Gasteiger charge is -2.32. The minimum absolute atomic E-state index is 0.305. The van der Waals surface area contributed by atoms with Gasteiger partial charge in [-0.05, 0) is 83.0 Å². The summed E-state index contributed by atoms with van der Waals surface area (Å²) in [7, 11) is 0. The van der Waals surface area contributed by atoms with Crippen LogP contribution in [-0.4, -0.2) is 74.0 Å². The zero-order valence-corrected chi connectivity index (χ0v) is 20.0. The first-order valence-electron chi connectivity index (χ1n) is 12.8. The Morgan fingerprint density at radius 2 is 1.84 bits per heavy atom. The highest BCUT2D eigenvalue weighted by Gasteiger charge is 2.19. The Labute approximate surface area is 194 Å². The summed E-state index contributed by atoms with van der Waals surface area (Å²) in [5.41, 5.74) is 1.49. The maximum Gasteiger partial charge on any atom is 0.222 e. The molecule has 1 aromatic carbocycles. The second-order valence-corrected chi connectivity index (χ2v) is 9.21. The van der Waals surface area contributed by atoms with Gasteiger partial charge in [-0.3, -0.25) is 9.79 Å². The van der Waals surface area contributed by atoms with Gasteiger partial charge in [0, 0.05) is 39.1 Å². The molecule has 6 heteroatoms. The first kappa shape index (κ1) is 24.6. The standard InChI is InChI=1S/C26H43N5O/c1-2-27-26(29-16-9-19-31-18-8-12-25(31)32)28-15-6-7-17-30-20-13-24(14-21-30)22-23-10-4-3-5-11-23/h3-5,10-11,24H,2,6-9,12-22H2,1H3,(H2,27,28,29). The van der Waals surface area contributed by atoms with Gasteiger partial charge in [0.1, 0.15) is 0 Å². The molecule has 1 aromatic rings. The third kappa shape index (κ3) is 8.81. The summed E-state index contributed by atoms with van der Waals surface area (Å²) < 4.78 is 0. The van der Waals surface area contributed by atoms with Crippen molar-refractivity contribution in [2.24, 2.45) is 10.9 Å². The molecule has 0 spiro atoms. The van der Waals surface area contributed by atoms with E-state index in [1.165, 1.54) is 50.9 Å². The average molecular weight is 442 g/mol. The van der Waals surface area contributed by atoms with Crippen molar-refractivity contribution >= 4 is 11.9 Å². The molecular weight excluding hydrogens is 398 g/mol. The molecule has 2 aliphatic rings. The Hall–Kier alpha value is -2.08. The number of rotatable bonds is 12. The molecule has 2 N–H and O–H groups in total. The van der Waals surface area contributed by atoms with E-state index in [9.17, 15) is 4.79 Å². The van der Waals surface area contributed by atoms with Crippen LogP contribution in [0, 0.1) is 5.92 Å². The smallest absolute Gasteiger partial charge is 0.222 e. The van der Waals surface area contributed by atoms with Gasteiger partial charge >= 0.3 is 0 Å². The topological polar surface area (TPSA) is 60.0 Å². The van der Waals surface area contributed by atoms with Crippen LogP contribution in [0.5, 0.6) is 0 Å². The number of nitrogens with zero attached hydrogens (tertiary/aromatic N) is 3. The molecule has 2 saturated heterocycles. The van der Waals surface area contributed by atoms with Crippen LogP contribution in [0.2, 0.25) is 0 Å². The highest BCUT2D eigenvalue weighted by atomic mass is 16.2. The summed E-state index contributed by atoms with van der Waals surface area (Å²) in [6.45, 7) is 10.1. The molecule has 0 atom stereocenters. The molecule has 2 fully saturated rings. The van der Waals surface area contributed by atoms with E-state index in [1.807, 2.05) is 4.90 Å². The number of guanidine groups is 1. The molecule has 0 aliphatic carbocycles. The minimum Gasteiger partial charge on any atom is -0.357 e. The van der Waals surface area contributed by atoms with Crippen molar-refractivity contribution in [2.45, 2.75) is 58.3 Å². The lowest BCUT2D eigenvalue weighted by atomic mass is 9.90.